The molecule has 0 aromatic carbocycles. The molecule has 0 aromatic rings. The van der Waals surface area contributed by atoms with Crippen molar-refractivity contribution in [3.8, 4) is 0 Å². The van der Waals surface area contributed by atoms with E-state index in [9.17, 15) is 9.00 Å². The Morgan fingerprint density at radius 3 is 2.38 bits per heavy atom. The first-order valence-corrected chi connectivity index (χ1v) is 6.79. The zero-order chi connectivity index (χ0) is 12.8. The predicted molar refractivity (Wildman–Crippen MR) is 64.8 cm³/mol. The standard InChI is InChI=1S/C11H22O4S/c1-9(10(12)14-4)8-16(13)7-6-11(2,3)15-5/h9H,6-8H2,1-5H3. The summed E-state index contributed by atoms with van der Waals surface area (Å²) in [5, 5.41) is 0. The van der Waals surface area contributed by atoms with E-state index in [1.807, 2.05) is 13.8 Å². The van der Waals surface area contributed by atoms with Gasteiger partial charge in [-0.2, -0.15) is 0 Å². The van der Waals surface area contributed by atoms with Gasteiger partial charge in [-0.1, -0.05) is 6.92 Å². The summed E-state index contributed by atoms with van der Waals surface area (Å²) in [7, 11) is 1.98. The minimum absolute atomic E-state index is 0.260. The fourth-order valence-electron chi connectivity index (χ4n) is 1.09. The lowest BCUT2D eigenvalue weighted by molar-refractivity contribution is -0.144. The molecule has 0 heterocycles. The summed E-state index contributed by atoms with van der Waals surface area (Å²) >= 11 is 0. The molecule has 0 saturated carbocycles. The van der Waals surface area contributed by atoms with Crippen LogP contribution in [0.3, 0.4) is 0 Å². The lowest BCUT2D eigenvalue weighted by Crippen LogP contribution is -2.27. The fourth-order valence-corrected chi connectivity index (χ4v) is 2.67. The molecule has 0 radical (unpaired) electrons. The molecule has 0 N–H and O–H groups in total. The Balaban J connectivity index is 3.96. The van der Waals surface area contributed by atoms with Gasteiger partial charge in [-0.05, 0) is 20.3 Å². The van der Waals surface area contributed by atoms with Gasteiger partial charge in [0.2, 0.25) is 0 Å². The molecule has 0 aliphatic heterocycles. The number of ether oxygens (including phenoxy) is 2. The highest BCUT2D eigenvalue weighted by Gasteiger charge is 2.20. The molecule has 16 heavy (non-hydrogen) atoms. The van der Waals surface area contributed by atoms with Crippen molar-refractivity contribution >= 4 is 16.8 Å². The molecule has 2 unspecified atom stereocenters. The Hall–Kier alpha value is -0.420. The van der Waals surface area contributed by atoms with Crippen molar-refractivity contribution in [3.63, 3.8) is 0 Å². The van der Waals surface area contributed by atoms with Crippen LogP contribution in [0.5, 0.6) is 0 Å². The van der Waals surface area contributed by atoms with Crippen molar-refractivity contribution in [2.24, 2.45) is 5.92 Å². The summed E-state index contributed by atoms with van der Waals surface area (Å²) in [6.07, 6.45) is 0.712. The molecule has 96 valence electrons. The highest BCUT2D eigenvalue weighted by molar-refractivity contribution is 7.85. The lowest BCUT2D eigenvalue weighted by atomic mass is 10.1. The molecule has 0 aliphatic carbocycles. The van der Waals surface area contributed by atoms with Gasteiger partial charge in [0.15, 0.2) is 0 Å². The number of rotatable bonds is 7. The molecule has 4 nitrogen and oxygen atoms in total. The van der Waals surface area contributed by atoms with E-state index in [1.54, 1.807) is 14.0 Å². The van der Waals surface area contributed by atoms with Crippen LogP contribution in [0, 0.1) is 5.92 Å². The highest BCUT2D eigenvalue weighted by Crippen LogP contribution is 2.14. The van der Waals surface area contributed by atoms with Crippen LogP contribution in [0.4, 0.5) is 0 Å². The van der Waals surface area contributed by atoms with E-state index in [4.69, 9.17) is 4.74 Å². The van der Waals surface area contributed by atoms with E-state index < -0.39 is 10.8 Å². The van der Waals surface area contributed by atoms with Crippen molar-refractivity contribution in [3.05, 3.63) is 0 Å². The van der Waals surface area contributed by atoms with Crippen LogP contribution < -0.4 is 0 Å². The Kier molecular flexibility index (Phi) is 6.83. The predicted octanol–water partition coefficient (Wildman–Crippen LogP) is 1.36. The van der Waals surface area contributed by atoms with Gasteiger partial charge >= 0.3 is 5.97 Å². The average molecular weight is 250 g/mol. The molecule has 0 amide bonds. The van der Waals surface area contributed by atoms with Gasteiger partial charge in [-0.25, -0.2) is 0 Å². The average Bonchev–Trinajstić information content (AvgIpc) is 2.25. The third-order valence-electron chi connectivity index (χ3n) is 2.52. The molecule has 5 heteroatoms. The zero-order valence-electron chi connectivity index (χ0n) is 10.7. The Morgan fingerprint density at radius 2 is 1.94 bits per heavy atom. The van der Waals surface area contributed by atoms with Crippen LogP contribution >= 0.6 is 0 Å². The number of carbonyl (C=O) groups is 1. The maximum absolute atomic E-state index is 11.7. The Morgan fingerprint density at radius 1 is 1.38 bits per heavy atom. The first-order valence-electron chi connectivity index (χ1n) is 5.30. The quantitative estimate of drug-likeness (QED) is 0.640. The first kappa shape index (κ1) is 15.6. The highest BCUT2D eigenvalue weighted by atomic mass is 32.2. The number of methoxy groups -OCH3 is 2. The smallest absolute Gasteiger partial charge is 0.309 e. The Labute approximate surface area is 100 Å². The molecule has 0 bridgehead atoms. The van der Waals surface area contributed by atoms with E-state index >= 15 is 0 Å². The molecule has 0 spiro atoms. The summed E-state index contributed by atoms with van der Waals surface area (Å²) in [4.78, 5) is 11.1. The molecule has 0 saturated heterocycles. The second-order valence-corrected chi connectivity index (χ2v) is 6.07. The third kappa shape index (κ3) is 6.23. The molecule has 2 atom stereocenters. The number of esters is 1. The van der Waals surface area contributed by atoms with Crippen LogP contribution in [-0.2, 0) is 25.1 Å². The summed E-state index contributed by atoms with van der Waals surface area (Å²) in [5.74, 6) is 0.283. The van der Waals surface area contributed by atoms with Gasteiger partial charge in [-0.15, -0.1) is 0 Å². The van der Waals surface area contributed by atoms with Crippen LogP contribution in [0.1, 0.15) is 27.2 Å². The van der Waals surface area contributed by atoms with E-state index in [-0.39, 0.29) is 17.5 Å². The van der Waals surface area contributed by atoms with Gasteiger partial charge in [0.05, 0.1) is 18.6 Å². The molecular weight excluding hydrogens is 228 g/mol. The van der Waals surface area contributed by atoms with Gasteiger partial charge in [0.25, 0.3) is 0 Å². The van der Waals surface area contributed by atoms with Crippen molar-refractivity contribution in [2.75, 3.05) is 25.7 Å². The van der Waals surface area contributed by atoms with E-state index in [1.165, 1.54) is 7.11 Å². The SMILES string of the molecule is COC(=O)C(C)CS(=O)CCC(C)(C)OC. The van der Waals surface area contributed by atoms with Crippen LogP contribution in [0.25, 0.3) is 0 Å². The number of hydrogen-bond acceptors (Lipinski definition) is 4. The van der Waals surface area contributed by atoms with Crippen LogP contribution in [-0.4, -0.2) is 41.5 Å². The van der Waals surface area contributed by atoms with Crippen molar-refractivity contribution in [2.45, 2.75) is 32.8 Å². The maximum Gasteiger partial charge on any atom is 0.309 e. The summed E-state index contributed by atoms with van der Waals surface area (Å²) in [6, 6.07) is 0. The number of carbonyl (C=O) groups excluding carboxylic acids is 1. The minimum atomic E-state index is -1.00. The molecule has 0 fully saturated rings. The zero-order valence-corrected chi connectivity index (χ0v) is 11.6. The largest absolute Gasteiger partial charge is 0.469 e. The molecule has 0 aliphatic rings. The monoisotopic (exact) mass is 250 g/mol. The topological polar surface area (TPSA) is 52.6 Å². The van der Waals surface area contributed by atoms with Crippen LogP contribution in [0.15, 0.2) is 0 Å². The summed E-state index contributed by atoms with van der Waals surface area (Å²) in [5.41, 5.74) is -0.260. The van der Waals surface area contributed by atoms with Gasteiger partial charge in [-0.3, -0.25) is 9.00 Å². The third-order valence-corrected chi connectivity index (χ3v) is 4.06. The Bertz CT molecular complexity index is 250. The minimum Gasteiger partial charge on any atom is -0.469 e. The van der Waals surface area contributed by atoms with Crippen molar-refractivity contribution < 1.29 is 18.5 Å². The molecule has 0 aromatic heterocycles. The number of hydrogen-bond donors (Lipinski definition) is 0. The van der Waals surface area contributed by atoms with E-state index in [0.717, 1.165) is 0 Å². The van der Waals surface area contributed by atoms with Crippen molar-refractivity contribution in [1.82, 2.24) is 0 Å². The van der Waals surface area contributed by atoms with E-state index in [0.29, 0.717) is 17.9 Å². The second kappa shape index (κ2) is 7.01. The van der Waals surface area contributed by atoms with Gasteiger partial charge < -0.3 is 9.47 Å². The molecular formula is C11H22O4S. The maximum atomic E-state index is 11.7. The van der Waals surface area contributed by atoms with Crippen LogP contribution in [0.2, 0.25) is 0 Å². The first-order chi connectivity index (χ1) is 7.32. The van der Waals surface area contributed by atoms with Gasteiger partial charge in [0, 0.05) is 29.4 Å². The summed E-state index contributed by atoms with van der Waals surface area (Å²) in [6.45, 7) is 5.63. The van der Waals surface area contributed by atoms with E-state index in [2.05, 4.69) is 4.74 Å². The van der Waals surface area contributed by atoms with Crippen molar-refractivity contribution in [1.29, 1.82) is 0 Å². The van der Waals surface area contributed by atoms with Gasteiger partial charge in [0.1, 0.15) is 0 Å². The molecule has 0 rings (SSSR count). The lowest BCUT2D eigenvalue weighted by Gasteiger charge is -2.22. The second-order valence-electron chi connectivity index (χ2n) is 4.45. The fraction of sp³-hybridized carbons (Fsp3) is 0.909. The normalized spacial score (nSPS) is 15.6. The summed E-state index contributed by atoms with van der Waals surface area (Å²) < 4.78 is 21.5.